The summed E-state index contributed by atoms with van der Waals surface area (Å²) >= 11 is 0. The van der Waals surface area contributed by atoms with Crippen molar-refractivity contribution in [3.63, 3.8) is 0 Å². The van der Waals surface area contributed by atoms with E-state index in [-0.39, 0.29) is 12.7 Å². The minimum Gasteiger partial charge on any atom is -0.394 e. The van der Waals surface area contributed by atoms with Crippen molar-refractivity contribution in [1.29, 1.82) is 0 Å². The summed E-state index contributed by atoms with van der Waals surface area (Å²) in [5.41, 5.74) is 0.325. The minimum absolute atomic E-state index is 0.105. The molecule has 1 saturated heterocycles. The van der Waals surface area contributed by atoms with Crippen LogP contribution in [0.25, 0.3) is 0 Å². The molecule has 1 unspecified atom stereocenters. The molecule has 0 aromatic carbocycles. The van der Waals surface area contributed by atoms with E-state index in [4.69, 9.17) is 9.84 Å². The summed E-state index contributed by atoms with van der Waals surface area (Å²) in [6.45, 7) is 5.36. The van der Waals surface area contributed by atoms with Gasteiger partial charge in [0.25, 0.3) is 0 Å². The minimum atomic E-state index is 0.105. The van der Waals surface area contributed by atoms with Crippen LogP contribution in [0.3, 0.4) is 0 Å². The van der Waals surface area contributed by atoms with Crippen molar-refractivity contribution < 1.29 is 9.84 Å². The van der Waals surface area contributed by atoms with Gasteiger partial charge < -0.3 is 9.84 Å². The van der Waals surface area contributed by atoms with E-state index >= 15 is 0 Å². The zero-order chi connectivity index (χ0) is 7.61. The number of hydrogen-bond acceptors (Lipinski definition) is 2. The lowest BCUT2D eigenvalue weighted by atomic mass is 9.85. The first-order valence-corrected chi connectivity index (χ1v) is 3.86. The maximum Gasteiger partial charge on any atom is 0.0806 e. The Hall–Kier alpha value is -0.0800. The third-order valence-corrected chi connectivity index (χ3v) is 2.06. The molecular formula is C8H16O2. The molecule has 0 aromatic rings. The van der Waals surface area contributed by atoms with Gasteiger partial charge in [0, 0.05) is 0 Å². The summed E-state index contributed by atoms with van der Waals surface area (Å²) < 4.78 is 5.39. The molecular weight excluding hydrogens is 128 g/mol. The summed E-state index contributed by atoms with van der Waals surface area (Å²) in [5, 5.41) is 8.74. The van der Waals surface area contributed by atoms with Crippen LogP contribution >= 0.6 is 0 Å². The number of ether oxygens (including phenoxy) is 1. The molecule has 1 rings (SSSR count). The highest BCUT2D eigenvalue weighted by atomic mass is 16.5. The smallest absolute Gasteiger partial charge is 0.0806 e. The standard InChI is InChI=1S/C8H16O2/c1-8(2)4-3-7(5-9)10-6-8/h7,9H,3-6H2,1-2H3. The fourth-order valence-corrected chi connectivity index (χ4v) is 1.19. The molecule has 0 aromatic heterocycles. The van der Waals surface area contributed by atoms with Crippen LogP contribution in [-0.2, 0) is 4.74 Å². The Labute approximate surface area is 62.2 Å². The van der Waals surface area contributed by atoms with Crippen molar-refractivity contribution in [2.24, 2.45) is 5.41 Å². The molecule has 0 spiro atoms. The molecule has 1 atom stereocenters. The van der Waals surface area contributed by atoms with E-state index in [0.717, 1.165) is 19.4 Å². The molecule has 1 heterocycles. The number of hydrogen-bond donors (Lipinski definition) is 1. The first-order chi connectivity index (χ1) is 4.64. The molecule has 10 heavy (non-hydrogen) atoms. The summed E-state index contributed by atoms with van der Waals surface area (Å²) in [5.74, 6) is 0. The first-order valence-electron chi connectivity index (χ1n) is 3.86. The Morgan fingerprint density at radius 2 is 2.30 bits per heavy atom. The highest BCUT2D eigenvalue weighted by Gasteiger charge is 2.26. The van der Waals surface area contributed by atoms with Crippen LogP contribution < -0.4 is 0 Å². The van der Waals surface area contributed by atoms with Gasteiger partial charge in [0.2, 0.25) is 0 Å². The maximum absolute atomic E-state index is 8.74. The van der Waals surface area contributed by atoms with Crippen LogP contribution in [0.4, 0.5) is 0 Å². The van der Waals surface area contributed by atoms with E-state index in [1.54, 1.807) is 0 Å². The summed E-state index contributed by atoms with van der Waals surface area (Å²) in [4.78, 5) is 0. The molecule has 60 valence electrons. The summed E-state index contributed by atoms with van der Waals surface area (Å²) in [7, 11) is 0. The van der Waals surface area contributed by atoms with Crippen LogP contribution in [-0.4, -0.2) is 24.4 Å². The second-order valence-corrected chi connectivity index (χ2v) is 3.82. The number of rotatable bonds is 1. The normalized spacial score (nSPS) is 32.1. The van der Waals surface area contributed by atoms with E-state index in [9.17, 15) is 0 Å². The van der Waals surface area contributed by atoms with Crippen molar-refractivity contribution in [2.75, 3.05) is 13.2 Å². The Bertz CT molecular complexity index is 99.8. The van der Waals surface area contributed by atoms with Crippen molar-refractivity contribution in [3.05, 3.63) is 0 Å². The first kappa shape index (κ1) is 8.02. The average Bonchev–Trinajstić information content (AvgIpc) is 1.88. The molecule has 2 heteroatoms. The van der Waals surface area contributed by atoms with Crippen LogP contribution in [0.1, 0.15) is 26.7 Å². The molecule has 1 N–H and O–H groups in total. The third kappa shape index (κ3) is 1.96. The zero-order valence-corrected chi connectivity index (χ0v) is 6.76. The lowest BCUT2D eigenvalue weighted by Crippen LogP contribution is -2.33. The van der Waals surface area contributed by atoms with Crippen molar-refractivity contribution in [3.8, 4) is 0 Å². The van der Waals surface area contributed by atoms with Crippen LogP contribution in [0.15, 0.2) is 0 Å². The topological polar surface area (TPSA) is 29.5 Å². The molecule has 1 aliphatic heterocycles. The second-order valence-electron chi connectivity index (χ2n) is 3.82. The monoisotopic (exact) mass is 144 g/mol. The molecule has 0 bridgehead atoms. The van der Waals surface area contributed by atoms with Gasteiger partial charge in [0.15, 0.2) is 0 Å². The van der Waals surface area contributed by atoms with Gasteiger partial charge in [0.1, 0.15) is 0 Å². The van der Waals surface area contributed by atoms with Crippen molar-refractivity contribution >= 4 is 0 Å². The molecule has 2 nitrogen and oxygen atoms in total. The molecule has 0 aliphatic carbocycles. The van der Waals surface area contributed by atoms with Crippen molar-refractivity contribution in [1.82, 2.24) is 0 Å². The van der Waals surface area contributed by atoms with E-state index in [0.29, 0.717) is 5.41 Å². The van der Waals surface area contributed by atoms with Crippen LogP contribution in [0.2, 0.25) is 0 Å². The number of aliphatic hydroxyl groups excluding tert-OH is 1. The lowest BCUT2D eigenvalue weighted by Gasteiger charge is -2.33. The van der Waals surface area contributed by atoms with E-state index in [2.05, 4.69) is 13.8 Å². The molecule has 0 amide bonds. The zero-order valence-electron chi connectivity index (χ0n) is 6.76. The Balaban J connectivity index is 2.31. The lowest BCUT2D eigenvalue weighted by molar-refractivity contribution is -0.0691. The fraction of sp³-hybridized carbons (Fsp3) is 1.00. The average molecular weight is 144 g/mol. The van der Waals surface area contributed by atoms with Gasteiger partial charge in [-0.2, -0.15) is 0 Å². The maximum atomic E-state index is 8.74. The van der Waals surface area contributed by atoms with Gasteiger partial charge in [0.05, 0.1) is 19.3 Å². The van der Waals surface area contributed by atoms with Gasteiger partial charge in [-0.3, -0.25) is 0 Å². The van der Waals surface area contributed by atoms with Gasteiger partial charge in [-0.25, -0.2) is 0 Å². The van der Waals surface area contributed by atoms with Gasteiger partial charge in [-0.05, 0) is 18.3 Å². The van der Waals surface area contributed by atoms with Crippen molar-refractivity contribution in [2.45, 2.75) is 32.8 Å². The highest BCUT2D eigenvalue weighted by molar-refractivity contribution is 4.75. The van der Waals surface area contributed by atoms with E-state index < -0.39 is 0 Å². The van der Waals surface area contributed by atoms with E-state index in [1.165, 1.54) is 0 Å². The van der Waals surface area contributed by atoms with Gasteiger partial charge >= 0.3 is 0 Å². The molecule has 1 fully saturated rings. The largest absolute Gasteiger partial charge is 0.394 e. The Kier molecular flexibility index (Phi) is 2.32. The SMILES string of the molecule is CC1(C)CCC(CO)OC1. The fourth-order valence-electron chi connectivity index (χ4n) is 1.19. The third-order valence-electron chi connectivity index (χ3n) is 2.06. The Morgan fingerprint density at radius 1 is 1.60 bits per heavy atom. The summed E-state index contributed by atoms with van der Waals surface area (Å²) in [6, 6.07) is 0. The quantitative estimate of drug-likeness (QED) is 0.599. The Morgan fingerprint density at radius 3 is 2.70 bits per heavy atom. The second kappa shape index (κ2) is 2.89. The summed E-state index contributed by atoms with van der Waals surface area (Å²) in [6.07, 6.45) is 2.27. The van der Waals surface area contributed by atoms with Gasteiger partial charge in [-0.1, -0.05) is 13.8 Å². The van der Waals surface area contributed by atoms with Crippen LogP contribution in [0, 0.1) is 5.41 Å². The molecule has 0 radical (unpaired) electrons. The molecule has 1 aliphatic rings. The van der Waals surface area contributed by atoms with E-state index in [1.807, 2.05) is 0 Å². The number of aliphatic hydroxyl groups is 1. The predicted octanol–water partition coefficient (Wildman–Crippen LogP) is 1.18. The predicted molar refractivity (Wildman–Crippen MR) is 39.8 cm³/mol. The van der Waals surface area contributed by atoms with Crippen LogP contribution in [0.5, 0.6) is 0 Å². The van der Waals surface area contributed by atoms with Gasteiger partial charge in [-0.15, -0.1) is 0 Å². The molecule has 0 saturated carbocycles. The highest BCUT2D eigenvalue weighted by Crippen LogP contribution is 2.29.